The molecule has 0 bridgehead atoms. The standard InChI is InChI=1S/C50H66O6/c1-31-17-15-19-33(43(31)35-27-37(47(3,4)5)45(53)38(28-35)48(6,7)8)21-23-41(51)55-25-26-56-42(52)24-22-34-20-16-18-32(2)44(34)36-29-39(49(9,10)11)46(54)40(30-36)50(12,13)14/h15-20,27-30,53-54H,21-26H2,1-14H3. The number of aryl methyl sites for hydroxylation is 4. The van der Waals surface area contributed by atoms with Crippen LogP contribution in [0.5, 0.6) is 11.5 Å². The molecule has 2 N–H and O–H groups in total. The van der Waals surface area contributed by atoms with Gasteiger partial charge in [0.05, 0.1) is 0 Å². The fraction of sp³-hybridized carbons (Fsp3) is 0.480. The average molecular weight is 763 g/mol. The maximum atomic E-state index is 12.9. The number of phenols is 2. The molecule has 0 saturated heterocycles. The second kappa shape index (κ2) is 16.9. The molecule has 4 rings (SSSR count). The van der Waals surface area contributed by atoms with Crippen LogP contribution in [0.1, 0.15) is 140 Å². The number of rotatable bonds is 11. The zero-order valence-electron chi connectivity index (χ0n) is 36.5. The Labute approximate surface area is 336 Å². The molecule has 0 atom stereocenters. The number of hydrogen-bond acceptors (Lipinski definition) is 6. The van der Waals surface area contributed by atoms with Crippen LogP contribution in [0.4, 0.5) is 0 Å². The van der Waals surface area contributed by atoms with E-state index in [-0.39, 0.29) is 59.7 Å². The molecule has 0 unspecified atom stereocenters. The summed E-state index contributed by atoms with van der Waals surface area (Å²) in [5, 5.41) is 22.6. The first-order chi connectivity index (χ1) is 25.8. The number of carbonyl (C=O) groups excluding carboxylic acids is 2. The quantitative estimate of drug-likeness (QED) is 0.117. The Balaban J connectivity index is 1.39. The number of esters is 2. The molecule has 0 aliphatic heterocycles. The van der Waals surface area contributed by atoms with E-state index in [2.05, 4.69) is 133 Å². The molecule has 0 radical (unpaired) electrons. The van der Waals surface area contributed by atoms with E-state index in [1.807, 2.05) is 24.3 Å². The summed E-state index contributed by atoms with van der Waals surface area (Å²) in [4.78, 5) is 25.8. The lowest BCUT2D eigenvalue weighted by Gasteiger charge is -2.29. The highest BCUT2D eigenvalue weighted by molar-refractivity contribution is 5.77. The van der Waals surface area contributed by atoms with Gasteiger partial charge in [0, 0.05) is 35.1 Å². The molecule has 0 aliphatic carbocycles. The van der Waals surface area contributed by atoms with Gasteiger partial charge in [0.2, 0.25) is 0 Å². The van der Waals surface area contributed by atoms with Crippen LogP contribution in [-0.2, 0) is 53.6 Å². The van der Waals surface area contributed by atoms with Crippen molar-refractivity contribution < 1.29 is 29.3 Å². The monoisotopic (exact) mass is 762 g/mol. The Hall–Kier alpha value is -4.58. The molecule has 0 spiro atoms. The van der Waals surface area contributed by atoms with Crippen LogP contribution in [0.2, 0.25) is 0 Å². The Kier molecular flexibility index (Phi) is 13.3. The summed E-state index contributed by atoms with van der Waals surface area (Å²) in [5.41, 5.74) is 11.0. The average Bonchev–Trinajstić information content (AvgIpc) is 3.07. The molecule has 0 aliphatic rings. The van der Waals surface area contributed by atoms with E-state index < -0.39 is 0 Å². The second-order valence-electron chi connectivity index (χ2n) is 19.5. The second-order valence-corrected chi connectivity index (χ2v) is 19.5. The van der Waals surface area contributed by atoms with E-state index in [0.717, 1.165) is 66.8 Å². The van der Waals surface area contributed by atoms with Gasteiger partial charge in [-0.3, -0.25) is 9.59 Å². The molecule has 56 heavy (non-hydrogen) atoms. The first kappa shape index (κ1) is 44.1. The highest BCUT2D eigenvalue weighted by Crippen LogP contribution is 2.45. The van der Waals surface area contributed by atoms with Crippen molar-refractivity contribution in [1.29, 1.82) is 0 Å². The van der Waals surface area contributed by atoms with Gasteiger partial charge in [-0.2, -0.15) is 0 Å². The van der Waals surface area contributed by atoms with Crippen LogP contribution in [0.3, 0.4) is 0 Å². The third kappa shape index (κ3) is 10.6. The fourth-order valence-corrected chi connectivity index (χ4v) is 7.47. The number of carbonyl (C=O) groups is 2. The van der Waals surface area contributed by atoms with Crippen LogP contribution >= 0.6 is 0 Å². The smallest absolute Gasteiger partial charge is 0.306 e. The van der Waals surface area contributed by atoms with Crippen molar-refractivity contribution >= 4 is 11.9 Å². The molecular formula is C50H66O6. The number of phenolic OH excluding ortho intramolecular Hbond substituents is 2. The summed E-state index contributed by atoms with van der Waals surface area (Å²) in [5.74, 6) is -0.0295. The molecule has 0 saturated carbocycles. The van der Waals surface area contributed by atoms with E-state index in [0.29, 0.717) is 24.3 Å². The summed E-state index contributed by atoms with van der Waals surface area (Å²) in [6.07, 6.45) is 1.34. The molecule has 0 amide bonds. The zero-order chi connectivity index (χ0) is 42.0. The van der Waals surface area contributed by atoms with Crippen LogP contribution in [0.15, 0.2) is 60.7 Å². The van der Waals surface area contributed by atoms with Crippen molar-refractivity contribution in [2.24, 2.45) is 0 Å². The van der Waals surface area contributed by atoms with Gasteiger partial charge in [0.15, 0.2) is 0 Å². The van der Waals surface area contributed by atoms with Crippen LogP contribution in [0, 0.1) is 13.8 Å². The predicted octanol–water partition coefficient (Wildman–Crippen LogP) is 11.9. The minimum absolute atomic E-state index is 0.0124. The molecule has 6 heteroatoms. The van der Waals surface area contributed by atoms with E-state index in [1.54, 1.807) is 0 Å². The Morgan fingerprint density at radius 3 is 1.05 bits per heavy atom. The summed E-state index contributed by atoms with van der Waals surface area (Å²) >= 11 is 0. The minimum atomic E-state index is -0.354. The lowest BCUT2D eigenvalue weighted by atomic mass is 9.77. The predicted molar refractivity (Wildman–Crippen MR) is 230 cm³/mol. The van der Waals surface area contributed by atoms with E-state index in [9.17, 15) is 19.8 Å². The van der Waals surface area contributed by atoms with Crippen molar-refractivity contribution in [3.63, 3.8) is 0 Å². The molecule has 302 valence electrons. The molecule has 0 fully saturated rings. The van der Waals surface area contributed by atoms with Gasteiger partial charge in [-0.15, -0.1) is 0 Å². The van der Waals surface area contributed by atoms with Crippen molar-refractivity contribution in [3.8, 4) is 33.8 Å². The van der Waals surface area contributed by atoms with Crippen LogP contribution < -0.4 is 0 Å². The van der Waals surface area contributed by atoms with Gasteiger partial charge in [-0.05, 0) is 117 Å². The van der Waals surface area contributed by atoms with Crippen molar-refractivity contribution in [3.05, 3.63) is 105 Å². The number of hydrogen-bond donors (Lipinski definition) is 2. The minimum Gasteiger partial charge on any atom is -0.507 e. The topological polar surface area (TPSA) is 93.1 Å². The maximum Gasteiger partial charge on any atom is 0.306 e. The molecular weight excluding hydrogens is 697 g/mol. The maximum absolute atomic E-state index is 12.9. The molecule has 6 nitrogen and oxygen atoms in total. The van der Waals surface area contributed by atoms with Crippen molar-refractivity contribution in [1.82, 2.24) is 0 Å². The molecule has 0 heterocycles. The van der Waals surface area contributed by atoms with Gasteiger partial charge < -0.3 is 19.7 Å². The van der Waals surface area contributed by atoms with E-state index >= 15 is 0 Å². The summed E-state index contributed by atoms with van der Waals surface area (Å²) in [7, 11) is 0. The van der Waals surface area contributed by atoms with Crippen LogP contribution in [-0.4, -0.2) is 35.4 Å². The van der Waals surface area contributed by atoms with E-state index in [4.69, 9.17) is 9.47 Å². The summed E-state index contributed by atoms with van der Waals surface area (Å²) < 4.78 is 11.0. The molecule has 4 aromatic rings. The third-order valence-electron chi connectivity index (χ3n) is 10.6. The SMILES string of the molecule is Cc1cccc(CCC(=O)OCCOC(=O)CCc2cccc(C)c2-c2cc(C(C)(C)C)c(O)c(C(C)(C)C)c2)c1-c1cc(C(C)(C)C)c(O)c(C(C)(C)C)c1. The third-order valence-corrected chi connectivity index (χ3v) is 10.6. The number of ether oxygens (including phenoxy) is 2. The largest absolute Gasteiger partial charge is 0.507 e. The fourth-order valence-electron chi connectivity index (χ4n) is 7.47. The lowest BCUT2D eigenvalue weighted by Crippen LogP contribution is -2.17. The van der Waals surface area contributed by atoms with Gasteiger partial charge >= 0.3 is 11.9 Å². The Morgan fingerprint density at radius 1 is 0.500 bits per heavy atom. The number of aromatic hydroxyl groups is 2. The first-order valence-electron chi connectivity index (χ1n) is 20.1. The highest BCUT2D eigenvalue weighted by atomic mass is 16.6. The van der Waals surface area contributed by atoms with Gasteiger partial charge in [-0.1, -0.05) is 119 Å². The first-order valence-corrected chi connectivity index (χ1v) is 20.1. The van der Waals surface area contributed by atoms with E-state index in [1.165, 1.54) is 0 Å². The van der Waals surface area contributed by atoms with Crippen LogP contribution in [0.25, 0.3) is 22.3 Å². The summed E-state index contributed by atoms with van der Waals surface area (Å²) in [6.45, 7) is 29.4. The van der Waals surface area contributed by atoms with Gasteiger partial charge in [0.1, 0.15) is 24.7 Å². The Morgan fingerprint density at radius 2 is 0.786 bits per heavy atom. The van der Waals surface area contributed by atoms with Gasteiger partial charge in [-0.25, -0.2) is 0 Å². The van der Waals surface area contributed by atoms with Crippen molar-refractivity contribution in [2.75, 3.05) is 13.2 Å². The number of benzene rings is 4. The summed E-state index contributed by atoms with van der Waals surface area (Å²) in [6, 6.07) is 20.6. The zero-order valence-corrected chi connectivity index (χ0v) is 36.5. The highest BCUT2D eigenvalue weighted by Gasteiger charge is 2.29. The lowest BCUT2D eigenvalue weighted by molar-refractivity contribution is -0.152. The van der Waals surface area contributed by atoms with Crippen molar-refractivity contribution in [2.45, 2.75) is 144 Å². The molecule has 4 aromatic carbocycles. The van der Waals surface area contributed by atoms with Gasteiger partial charge in [0.25, 0.3) is 0 Å². The normalized spacial score (nSPS) is 12.5. The Bertz CT molecular complexity index is 1840. The molecule has 0 aromatic heterocycles.